The fourth-order valence-electron chi connectivity index (χ4n) is 1.66. The van der Waals surface area contributed by atoms with Crippen molar-refractivity contribution in [1.82, 2.24) is 9.97 Å². The summed E-state index contributed by atoms with van der Waals surface area (Å²) >= 11 is 0. The first-order chi connectivity index (χ1) is 11.0. The van der Waals surface area contributed by atoms with Gasteiger partial charge in [0.1, 0.15) is 17.1 Å². The first-order valence-corrected chi connectivity index (χ1v) is 6.67. The number of carbonyl (C=O) groups excluding carboxylic acids is 2. The number of hydrogen-bond acceptors (Lipinski definition) is 7. The molecule has 0 radical (unpaired) electrons. The summed E-state index contributed by atoms with van der Waals surface area (Å²) < 4.78 is 10.0. The minimum absolute atomic E-state index is 0.0973. The molecule has 0 aliphatic carbocycles. The number of nitrogens with zero attached hydrogens (tertiary/aromatic N) is 2. The number of phenolic OH excluding ortho intramolecular Hbond substituents is 1. The highest BCUT2D eigenvalue weighted by Gasteiger charge is 2.22. The zero-order chi connectivity index (χ0) is 16.8. The maximum absolute atomic E-state index is 12.1. The van der Waals surface area contributed by atoms with E-state index in [2.05, 4.69) is 15.3 Å². The smallest absolute Gasteiger partial charge is 0.342 e. The van der Waals surface area contributed by atoms with E-state index in [9.17, 15) is 14.7 Å². The van der Waals surface area contributed by atoms with Crippen LogP contribution in [-0.4, -0.2) is 40.2 Å². The molecular formula is C15H15N3O5. The van der Waals surface area contributed by atoms with E-state index in [1.54, 1.807) is 6.07 Å². The Kier molecular flexibility index (Phi) is 5.08. The lowest BCUT2D eigenvalue weighted by Crippen LogP contribution is -2.30. The zero-order valence-corrected chi connectivity index (χ0v) is 12.5. The number of amides is 1. The molecule has 0 fully saturated rings. The number of ether oxygens (including phenoxy) is 2. The first-order valence-electron chi connectivity index (χ1n) is 6.67. The van der Waals surface area contributed by atoms with Gasteiger partial charge in [0.25, 0.3) is 5.91 Å². The molecule has 0 saturated heterocycles. The quantitative estimate of drug-likeness (QED) is 0.801. The Morgan fingerprint density at radius 2 is 1.96 bits per heavy atom. The van der Waals surface area contributed by atoms with Crippen LogP contribution < -0.4 is 10.1 Å². The third-order valence-electron chi connectivity index (χ3n) is 2.88. The summed E-state index contributed by atoms with van der Waals surface area (Å²) in [6, 6.07) is 5.72. The number of rotatable bonds is 5. The molecule has 1 aromatic heterocycles. The van der Waals surface area contributed by atoms with Gasteiger partial charge < -0.3 is 14.6 Å². The number of hydrogen-bond donors (Lipinski definition) is 2. The van der Waals surface area contributed by atoms with Gasteiger partial charge in [0.05, 0.1) is 7.11 Å². The number of esters is 1. The van der Waals surface area contributed by atoms with Crippen molar-refractivity contribution in [3.8, 4) is 11.5 Å². The average Bonchev–Trinajstić information content (AvgIpc) is 2.56. The summed E-state index contributed by atoms with van der Waals surface area (Å²) in [5.41, 5.74) is -0.0973. The van der Waals surface area contributed by atoms with Crippen molar-refractivity contribution in [1.29, 1.82) is 0 Å². The minimum Gasteiger partial charge on any atom is -0.507 e. The molecule has 1 atom stereocenters. The lowest BCUT2D eigenvalue weighted by molar-refractivity contribution is -0.123. The Hall–Kier alpha value is -3.16. The van der Waals surface area contributed by atoms with Gasteiger partial charge in [0, 0.05) is 12.4 Å². The second-order valence-electron chi connectivity index (χ2n) is 4.49. The van der Waals surface area contributed by atoms with E-state index in [4.69, 9.17) is 9.47 Å². The lowest BCUT2D eigenvalue weighted by Gasteiger charge is -2.13. The fourth-order valence-corrected chi connectivity index (χ4v) is 1.66. The van der Waals surface area contributed by atoms with E-state index < -0.39 is 18.0 Å². The Balaban J connectivity index is 2.03. The van der Waals surface area contributed by atoms with Crippen LogP contribution in [0.4, 0.5) is 5.95 Å². The molecule has 2 aromatic rings. The van der Waals surface area contributed by atoms with Gasteiger partial charge in [0.15, 0.2) is 6.10 Å². The van der Waals surface area contributed by atoms with E-state index in [1.807, 2.05) is 0 Å². The number of nitrogens with one attached hydrogen (secondary N) is 1. The van der Waals surface area contributed by atoms with Crippen LogP contribution >= 0.6 is 0 Å². The van der Waals surface area contributed by atoms with E-state index >= 15 is 0 Å². The van der Waals surface area contributed by atoms with Crippen LogP contribution in [0.5, 0.6) is 11.5 Å². The predicted octanol–water partition coefficient (Wildman–Crippen LogP) is 1.37. The Morgan fingerprint density at radius 3 is 2.61 bits per heavy atom. The van der Waals surface area contributed by atoms with Crippen molar-refractivity contribution in [3.05, 3.63) is 42.2 Å². The second-order valence-corrected chi connectivity index (χ2v) is 4.49. The summed E-state index contributed by atoms with van der Waals surface area (Å²) in [4.78, 5) is 31.7. The molecule has 1 aromatic carbocycles. The van der Waals surface area contributed by atoms with Crippen LogP contribution in [0.1, 0.15) is 17.3 Å². The molecule has 120 valence electrons. The lowest BCUT2D eigenvalue weighted by atomic mass is 10.2. The number of aromatic hydroxyl groups is 1. The molecule has 8 heteroatoms. The van der Waals surface area contributed by atoms with Crippen LogP contribution in [0.2, 0.25) is 0 Å². The standard InChI is InChI=1S/C15H15N3O5/c1-9(13(20)18-15-16-6-3-7-17-15)23-14(21)11-8-10(22-2)4-5-12(11)19/h3-9,19H,1-2H3,(H,16,17,18,20)/t9-/m1/s1. The molecule has 0 bridgehead atoms. The van der Waals surface area contributed by atoms with Gasteiger partial charge in [-0.25, -0.2) is 14.8 Å². The Morgan fingerprint density at radius 1 is 1.26 bits per heavy atom. The molecule has 0 spiro atoms. The van der Waals surface area contributed by atoms with Crippen LogP contribution in [-0.2, 0) is 9.53 Å². The highest BCUT2D eigenvalue weighted by Crippen LogP contribution is 2.24. The number of anilines is 1. The largest absolute Gasteiger partial charge is 0.507 e. The van der Waals surface area contributed by atoms with E-state index in [0.717, 1.165) is 0 Å². The molecule has 0 aliphatic rings. The van der Waals surface area contributed by atoms with Crippen LogP contribution in [0, 0.1) is 0 Å². The van der Waals surface area contributed by atoms with Gasteiger partial charge in [0.2, 0.25) is 5.95 Å². The maximum Gasteiger partial charge on any atom is 0.342 e. The fraction of sp³-hybridized carbons (Fsp3) is 0.200. The molecule has 0 saturated carbocycles. The van der Waals surface area contributed by atoms with Crippen molar-refractivity contribution >= 4 is 17.8 Å². The summed E-state index contributed by atoms with van der Waals surface area (Å²) in [5, 5.41) is 12.1. The summed E-state index contributed by atoms with van der Waals surface area (Å²) in [6.45, 7) is 1.40. The minimum atomic E-state index is -1.10. The molecule has 2 rings (SSSR count). The van der Waals surface area contributed by atoms with Crippen molar-refractivity contribution < 1.29 is 24.2 Å². The second kappa shape index (κ2) is 7.21. The predicted molar refractivity (Wildman–Crippen MR) is 80.2 cm³/mol. The molecule has 23 heavy (non-hydrogen) atoms. The Bertz CT molecular complexity index is 706. The van der Waals surface area contributed by atoms with E-state index in [0.29, 0.717) is 5.75 Å². The average molecular weight is 317 g/mol. The van der Waals surface area contributed by atoms with Gasteiger partial charge in [-0.2, -0.15) is 0 Å². The summed E-state index contributed by atoms with van der Waals surface area (Å²) in [7, 11) is 1.43. The van der Waals surface area contributed by atoms with Crippen LogP contribution in [0.3, 0.4) is 0 Å². The molecule has 1 amide bonds. The van der Waals surface area contributed by atoms with Gasteiger partial charge in [-0.1, -0.05) is 0 Å². The molecule has 0 aliphatic heterocycles. The van der Waals surface area contributed by atoms with E-state index in [-0.39, 0.29) is 17.3 Å². The van der Waals surface area contributed by atoms with Gasteiger partial charge in [-0.05, 0) is 31.2 Å². The molecule has 2 N–H and O–H groups in total. The summed E-state index contributed by atoms with van der Waals surface area (Å²) in [6.07, 6.45) is 1.83. The monoisotopic (exact) mass is 317 g/mol. The van der Waals surface area contributed by atoms with E-state index in [1.165, 1.54) is 44.6 Å². The highest BCUT2D eigenvalue weighted by atomic mass is 16.5. The molecule has 1 heterocycles. The van der Waals surface area contributed by atoms with Crippen LogP contribution in [0.15, 0.2) is 36.7 Å². The maximum atomic E-state index is 12.1. The number of methoxy groups -OCH3 is 1. The molecular weight excluding hydrogens is 302 g/mol. The number of phenols is 1. The van der Waals surface area contributed by atoms with Gasteiger partial charge in [-0.15, -0.1) is 0 Å². The first kappa shape index (κ1) is 16.2. The topological polar surface area (TPSA) is 111 Å². The third-order valence-corrected chi connectivity index (χ3v) is 2.88. The van der Waals surface area contributed by atoms with Crippen molar-refractivity contribution in [2.24, 2.45) is 0 Å². The number of carbonyl (C=O) groups is 2. The third kappa shape index (κ3) is 4.16. The van der Waals surface area contributed by atoms with Crippen LogP contribution in [0.25, 0.3) is 0 Å². The Labute approximate surface area is 132 Å². The normalized spacial score (nSPS) is 11.4. The number of aromatic nitrogens is 2. The SMILES string of the molecule is COc1ccc(O)c(C(=O)O[C@H](C)C(=O)Nc2ncccn2)c1. The number of benzene rings is 1. The van der Waals surface area contributed by atoms with Gasteiger partial charge in [-0.3, -0.25) is 10.1 Å². The van der Waals surface area contributed by atoms with Gasteiger partial charge >= 0.3 is 5.97 Å². The van der Waals surface area contributed by atoms with Crippen molar-refractivity contribution in [2.45, 2.75) is 13.0 Å². The zero-order valence-electron chi connectivity index (χ0n) is 12.5. The highest BCUT2D eigenvalue weighted by molar-refractivity contribution is 5.97. The summed E-state index contributed by atoms with van der Waals surface area (Å²) in [5.74, 6) is -1.23. The van der Waals surface area contributed by atoms with Crippen molar-refractivity contribution in [2.75, 3.05) is 12.4 Å². The van der Waals surface area contributed by atoms with Crippen molar-refractivity contribution in [3.63, 3.8) is 0 Å². The molecule has 8 nitrogen and oxygen atoms in total. The molecule has 0 unspecified atom stereocenters.